The third kappa shape index (κ3) is 5.08. The zero-order valence-corrected chi connectivity index (χ0v) is 16.1. The van der Waals surface area contributed by atoms with Gasteiger partial charge in [0, 0.05) is 16.9 Å². The molecule has 1 heterocycles. The number of amides is 2. The molecule has 0 bridgehead atoms. The largest absolute Gasteiger partial charge is 0.327 e. The van der Waals surface area contributed by atoms with Crippen molar-refractivity contribution in [2.45, 2.75) is 26.3 Å². The van der Waals surface area contributed by atoms with Crippen LogP contribution in [0.5, 0.6) is 0 Å². The maximum atomic E-state index is 12.9. The number of rotatable bonds is 5. The van der Waals surface area contributed by atoms with E-state index >= 15 is 0 Å². The molecule has 3 rings (SSSR count). The van der Waals surface area contributed by atoms with Gasteiger partial charge in [0.25, 0.3) is 0 Å². The van der Waals surface area contributed by atoms with Crippen molar-refractivity contribution in [3.8, 4) is 0 Å². The predicted octanol–water partition coefficient (Wildman–Crippen LogP) is 6.10. The lowest BCUT2D eigenvalue weighted by molar-refractivity contribution is 0.256. The second-order valence-corrected chi connectivity index (χ2v) is 7.05. The van der Waals surface area contributed by atoms with Gasteiger partial charge in [0.1, 0.15) is 5.82 Å². The summed E-state index contributed by atoms with van der Waals surface area (Å²) in [6, 6.07) is 20.7. The molecule has 0 atom stereocenters. The Labute approximate surface area is 164 Å². The highest BCUT2D eigenvalue weighted by Gasteiger charge is 2.18. The molecular formula is C22H22ClN3O. The summed E-state index contributed by atoms with van der Waals surface area (Å²) in [5.74, 6) is 1.06. The van der Waals surface area contributed by atoms with E-state index in [0.717, 1.165) is 5.56 Å². The highest BCUT2D eigenvalue weighted by Crippen LogP contribution is 2.20. The maximum absolute atomic E-state index is 12.9. The number of anilines is 2. The summed E-state index contributed by atoms with van der Waals surface area (Å²) < 4.78 is 0. The fourth-order valence-corrected chi connectivity index (χ4v) is 2.91. The topological polar surface area (TPSA) is 45.2 Å². The van der Waals surface area contributed by atoms with Crippen molar-refractivity contribution in [2.24, 2.45) is 0 Å². The highest BCUT2D eigenvalue weighted by molar-refractivity contribution is 6.30. The summed E-state index contributed by atoms with van der Waals surface area (Å²) in [5, 5.41) is 3.46. The van der Waals surface area contributed by atoms with Crippen LogP contribution in [0.2, 0.25) is 5.02 Å². The van der Waals surface area contributed by atoms with Crippen LogP contribution in [0.3, 0.4) is 0 Å². The van der Waals surface area contributed by atoms with Gasteiger partial charge >= 0.3 is 6.03 Å². The van der Waals surface area contributed by atoms with Crippen LogP contribution in [0.1, 0.15) is 30.9 Å². The minimum Gasteiger partial charge on any atom is -0.307 e. The van der Waals surface area contributed by atoms with E-state index in [1.165, 1.54) is 5.56 Å². The van der Waals surface area contributed by atoms with Gasteiger partial charge in [0.15, 0.2) is 0 Å². The van der Waals surface area contributed by atoms with E-state index in [1.54, 1.807) is 35.4 Å². The summed E-state index contributed by atoms with van der Waals surface area (Å²) in [4.78, 5) is 18.9. The molecular weight excluding hydrogens is 358 g/mol. The van der Waals surface area contributed by atoms with E-state index in [9.17, 15) is 4.79 Å². The van der Waals surface area contributed by atoms with Gasteiger partial charge in [-0.25, -0.2) is 9.78 Å². The Morgan fingerprint density at radius 1 is 1.07 bits per heavy atom. The summed E-state index contributed by atoms with van der Waals surface area (Å²) in [6.45, 7) is 4.74. The van der Waals surface area contributed by atoms with E-state index in [2.05, 4.69) is 48.4 Å². The van der Waals surface area contributed by atoms with Crippen LogP contribution in [0.15, 0.2) is 72.9 Å². The van der Waals surface area contributed by atoms with Gasteiger partial charge in [-0.15, -0.1) is 0 Å². The lowest BCUT2D eigenvalue weighted by Crippen LogP contribution is -2.35. The lowest BCUT2D eigenvalue weighted by atomic mass is 10.0. The molecule has 27 heavy (non-hydrogen) atoms. The first kappa shape index (κ1) is 18.9. The molecule has 0 fully saturated rings. The van der Waals surface area contributed by atoms with Gasteiger partial charge in [-0.2, -0.15) is 0 Å². The summed E-state index contributed by atoms with van der Waals surface area (Å²) >= 11 is 6.02. The lowest BCUT2D eigenvalue weighted by Gasteiger charge is -2.22. The second kappa shape index (κ2) is 8.69. The van der Waals surface area contributed by atoms with Gasteiger partial charge in [-0.1, -0.05) is 61.8 Å². The number of hydrogen-bond acceptors (Lipinski definition) is 2. The van der Waals surface area contributed by atoms with E-state index in [1.807, 2.05) is 18.2 Å². The van der Waals surface area contributed by atoms with Crippen LogP contribution in [0, 0.1) is 0 Å². The van der Waals surface area contributed by atoms with Crippen molar-refractivity contribution >= 4 is 29.1 Å². The first-order chi connectivity index (χ1) is 13.0. The number of carbonyl (C=O) groups excluding carboxylic acids is 1. The number of urea groups is 1. The Kier molecular flexibility index (Phi) is 6.09. The van der Waals surface area contributed by atoms with Crippen molar-refractivity contribution in [3.63, 3.8) is 0 Å². The molecule has 2 aromatic carbocycles. The highest BCUT2D eigenvalue weighted by atomic mass is 35.5. The minimum absolute atomic E-state index is 0.260. The van der Waals surface area contributed by atoms with Crippen molar-refractivity contribution in [1.29, 1.82) is 0 Å². The molecule has 0 spiro atoms. The Morgan fingerprint density at radius 3 is 2.48 bits per heavy atom. The maximum Gasteiger partial charge on any atom is 0.327 e. The number of nitrogens with zero attached hydrogens (tertiary/aromatic N) is 2. The van der Waals surface area contributed by atoms with Crippen LogP contribution >= 0.6 is 11.6 Å². The second-order valence-electron chi connectivity index (χ2n) is 6.61. The first-order valence-electron chi connectivity index (χ1n) is 8.87. The standard InChI is InChI=1S/C22H22ClN3O/c1-16(2)18-11-9-17(10-12-18)15-26(21-8-3-4-13-24-21)22(27)25-20-7-5-6-19(23)14-20/h3-14,16H,15H2,1-2H3,(H,25,27). The molecule has 1 aromatic heterocycles. The predicted molar refractivity (Wildman–Crippen MR) is 111 cm³/mol. The molecule has 0 saturated heterocycles. The van der Waals surface area contributed by atoms with Gasteiger partial charge in [-0.05, 0) is 47.4 Å². The number of carbonyl (C=O) groups is 1. The third-order valence-corrected chi connectivity index (χ3v) is 4.47. The first-order valence-corrected chi connectivity index (χ1v) is 9.24. The number of pyridine rings is 1. The number of halogens is 1. The SMILES string of the molecule is CC(C)c1ccc(CN(C(=O)Nc2cccc(Cl)c2)c2ccccn2)cc1. The van der Waals surface area contributed by atoms with Crippen molar-refractivity contribution in [3.05, 3.63) is 89.1 Å². The van der Waals surface area contributed by atoms with Crippen LogP contribution < -0.4 is 10.2 Å². The smallest absolute Gasteiger partial charge is 0.307 e. The molecule has 5 heteroatoms. The van der Waals surface area contributed by atoms with Gasteiger partial charge in [0.05, 0.1) is 6.54 Å². The molecule has 1 N–H and O–H groups in total. The zero-order valence-electron chi connectivity index (χ0n) is 15.4. The minimum atomic E-state index is -0.260. The Balaban J connectivity index is 1.83. The Bertz CT molecular complexity index is 895. The molecule has 0 aliphatic rings. The molecule has 0 unspecified atom stereocenters. The summed E-state index contributed by atoms with van der Waals surface area (Å²) in [7, 11) is 0. The molecule has 4 nitrogen and oxygen atoms in total. The number of aromatic nitrogens is 1. The van der Waals surface area contributed by atoms with Crippen LogP contribution in [0.4, 0.5) is 16.3 Å². The van der Waals surface area contributed by atoms with Crippen LogP contribution in [0.25, 0.3) is 0 Å². The molecule has 0 saturated carbocycles. The van der Waals surface area contributed by atoms with E-state index in [0.29, 0.717) is 29.0 Å². The molecule has 0 radical (unpaired) electrons. The number of nitrogens with one attached hydrogen (secondary N) is 1. The summed E-state index contributed by atoms with van der Waals surface area (Å²) in [6.07, 6.45) is 1.68. The van der Waals surface area contributed by atoms with Crippen LogP contribution in [-0.4, -0.2) is 11.0 Å². The normalized spacial score (nSPS) is 10.7. The Hall–Kier alpha value is -2.85. The fraction of sp³-hybridized carbons (Fsp3) is 0.182. The monoisotopic (exact) mass is 379 g/mol. The Morgan fingerprint density at radius 2 is 1.85 bits per heavy atom. The fourth-order valence-electron chi connectivity index (χ4n) is 2.72. The number of benzene rings is 2. The van der Waals surface area contributed by atoms with Crippen molar-refractivity contribution < 1.29 is 4.79 Å². The van der Waals surface area contributed by atoms with E-state index in [4.69, 9.17) is 11.6 Å². The third-order valence-electron chi connectivity index (χ3n) is 4.23. The number of hydrogen-bond donors (Lipinski definition) is 1. The van der Waals surface area contributed by atoms with E-state index < -0.39 is 0 Å². The van der Waals surface area contributed by atoms with Crippen LogP contribution in [-0.2, 0) is 6.54 Å². The summed E-state index contributed by atoms with van der Waals surface area (Å²) in [5.41, 5.74) is 2.95. The quantitative estimate of drug-likeness (QED) is 0.582. The average molecular weight is 380 g/mol. The van der Waals surface area contributed by atoms with E-state index in [-0.39, 0.29) is 6.03 Å². The molecule has 2 amide bonds. The molecule has 3 aromatic rings. The van der Waals surface area contributed by atoms with Crippen molar-refractivity contribution in [2.75, 3.05) is 10.2 Å². The van der Waals surface area contributed by atoms with Gasteiger partial charge in [0.2, 0.25) is 0 Å². The molecule has 138 valence electrons. The molecule has 0 aliphatic heterocycles. The zero-order chi connectivity index (χ0) is 19.2. The van der Waals surface area contributed by atoms with Gasteiger partial charge < -0.3 is 5.32 Å². The average Bonchev–Trinajstić information content (AvgIpc) is 2.67. The van der Waals surface area contributed by atoms with Gasteiger partial charge in [-0.3, -0.25) is 4.90 Å². The van der Waals surface area contributed by atoms with Crippen molar-refractivity contribution in [1.82, 2.24) is 4.98 Å². The molecule has 0 aliphatic carbocycles.